The fourth-order valence-electron chi connectivity index (χ4n) is 3.91. The summed E-state index contributed by atoms with van der Waals surface area (Å²) in [7, 11) is 1.60. The first-order chi connectivity index (χ1) is 17.4. The Labute approximate surface area is 223 Å². The van der Waals surface area contributed by atoms with Gasteiger partial charge in [0, 0.05) is 19.5 Å². The molecule has 3 aromatic carbocycles. The molecule has 0 fully saturated rings. The molecule has 1 atom stereocenters. The third-order valence-corrected chi connectivity index (χ3v) is 6.69. The van der Waals surface area contributed by atoms with Crippen molar-refractivity contribution >= 4 is 35.0 Å². The molecular formula is C29H32Cl2N2O3. The van der Waals surface area contributed by atoms with Crippen LogP contribution in [0.3, 0.4) is 0 Å². The molecule has 36 heavy (non-hydrogen) atoms. The zero-order valence-corrected chi connectivity index (χ0v) is 22.2. The van der Waals surface area contributed by atoms with E-state index in [9.17, 15) is 9.59 Å². The quantitative estimate of drug-likeness (QED) is 0.290. The van der Waals surface area contributed by atoms with Crippen molar-refractivity contribution in [3.05, 3.63) is 99.5 Å². The lowest BCUT2D eigenvalue weighted by Crippen LogP contribution is -2.51. The van der Waals surface area contributed by atoms with Crippen molar-refractivity contribution in [3.63, 3.8) is 0 Å². The van der Waals surface area contributed by atoms with Crippen LogP contribution in [0.2, 0.25) is 10.0 Å². The molecule has 7 heteroatoms. The monoisotopic (exact) mass is 526 g/mol. The molecule has 2 amide bonds. The van der Waals surface area contributed by atoms with Crippen LogP contribution in [0.5, 0.6) is 5.75 Å². The molecule has 0 aliphatic heterocycles. The number of hydrogen-bond donors (Lipinski definition) is 1. The molecule has 0 aromatic heterocycles. The summed E-state index contributed by atoms with van der Waals surface area (Å²) in [5.41, 5.74) is 2.61. The SMILES string of the molecule is CCCCNC(=O)C(Cc1ccccc1)N(Cc1ccc(Cl)c(Cl)c1)C(=O)Cc1ccc(OC)cc1. The average molecular weight is 527 g/mol. The molecule has 0 saturated heterocycles. The van der Waals surface area contributed by atoms with E-state index in [1.165, 1.54) is 0 Å². The predicted octanol–water partition coefficient (Wildman–Crippen LogP) is 6.10. The summed E-state index contributed by atoms with van der Waals surface area (Å²) in [6, 6.07) is 21.7. The lowest BCUT2D eigenvalue weighted by molar-refractivity contribution is -0.140. The van der Waals surface area contributed by atoms with E-state index < -0.39 is 6.04 Å². The Bertz CT molecular complexity index is 1140. The number of halogens is 2. The largest absolute Gasteiger partial charge is 0.497 e. The van der Waals surface area contributed by atoms with Crippen molar-refractivity contribution in [2.24, 2.45) is 0 Å². The van der Waals surface area contributed by atoms with Crippen molar-refractivity contribution in [1.82, 2.24) is 10.2 Å². The molecule has 0 radical (unpaired) electrons. The van der Waals surface area contributed by atoms with Gasteiger partial charge < -0.3 is 15.0 Å². The van der Waals surface area contributed by atoms with Crippen molar-refractivity contribution in [2.45, 2.75) is 45.2 Å². The van der Waals surface area contributed by atoms with Crippen LogP contribution in [0, 0.1) is 0 Å². The normalized spacial score (nSPS) is 11.6. The van der Waals surface area contributed by atoms with Gasteiger partial charge in [-0.25, -0.2) is 0 Å². The maximum absolute atomic E-state index is 13.7. The Balaban J connectivity index is 1.94. The molecule has 3 aromatic rings. The topological polar surface area (TPSA) is 58.6 Å². The summed E-state index contributed by atoms with van der Waals surface area (Å²) >= 11 is 12.4. The van der Waals surface area contributed by atoms with Crippen LogP contribution >= 0.6 is 23.2 Å². The van der Waals surface area contributed by atoms with Gasteiger partial charge in [-0.3, -0.25) is 9.59 Å². The highest BCUT2D eigenvalue weighted by atomic mass is 35.5. The van der Waals surface area contributed by atoms with Crippen LogP contribution in [-0.2, 0) is 29.0 Å². The lowest BCUT2D eigenvalue weighted by Gasteiger charge is -2.32. The number of carbonyl (C=O) groups excluding carboxylic acids is 2. The smallest absolute Gasteiger partial charge is 0.243 e. The van der Waals surface area contributed by atoms with Crippen molar-refractivity contribution < 1.29 is 14.3 Å². The molecule has 5 nitrogen and oxygen atoms in total. The number of nitrogens with one attached hydrogen (secondary N) is 1. The number of carbonyl (C=O) groups is 2. The highest BCUT2D eigenvalue weighted by molar-refractivity contribution is 6.42. The van der Waals surface area contributed by atoms with Crippen molar-refractivity contribution in [1.29, 1.82) is 0 Å². The van der Waals surface area contributed by atoms with E-state index in [0.29, 0.717) is 23.0 Å². The second kappa shape index (κ2) is 13.9. The molecule has 3 rings (SSSR count). The fraction of sp³-hybridized carbons (Fsp3) is 0.310. The van der Waals surface area contributed by atoms with Crippen LogP contribution in [0.1, 0.15) is 36.5 Å². The first-order valence-corrected chi connectivity index (χ1v) is 12.8. The standard InChI is InChI=1S/C29H32Cl2N2O3/c1-3-4-16-32-29(35)27(18-21-8-6-5-7-9-21)33(20-23-12-15-25(30)26(31)17-23)28(34)19-22-10-13-24(36-2)14-11-22/h5-15,17,27H,3-4,16,18-20H2,1-2H3,(H,32,35). The second-order valence-corrected chi connectivity index (χ2v) is 9.46. The molecule has 0 spiro atoms. The second-order valence-electron chi connectivity index (χ2n) is 8.65. The van der Waals surface area contributed by atoms with Gasteiger partial charge in [-0.15, -0.1) is 0 Å². The molecule has 0 aliphatic rings. The highest BCUT2D eigenvalue weighted by Crippen LogP contribution is 2.25. The first-order valence-electron chi connectivity index (χ1n) is 12.1. The first kappa shape index (κ1) is 27.6. The number of amides is 2. The van der Waals surface area contributed by atoms with Crippen LogP contribution in [0.4, 0.5) is 0 Å². The van der Waals surface area contributed by atoms with Gasteiger partial charge >= 0.3 is 0 Å². The summed E-state index contributed by atoms with van der Waals surface area (Å²) in [5.74, 6) is 0.393. The van der Waals surface area contributed by atoms with Crippen molar-refractivity contribution in [3.8, 4) is 5.75 Å². The number of benzene rings is 3. The number of unbranched alkanes of at least 4 members (excludes halogenated alkanes) is 1. The molecule has 0 heterocycles. The summed E-state index contributed by atoms with van der Waals surface area (Å²) < 4.78 is 5.23. The van der Waals surface area contributed by atoms with Gasteiger partial charge in [0.2, 0.25) is 11.8 Å². The minimum Gasteiger partial charge on any atom is -0.497 e. The maximum Gasteiger partial charge on any atom is 0.243 e. The fourth-order valence-corrected chi connectivity index (χ4v) is 4.24. The number of ether oxygens (including phenoxy) is 1. The number of rotatable bonds is 12. The van der Waals surface area contributed by atoms with E-state index in [4.69, 9.17) is 27.9 Å². The minimum absolute atomic E-state index is 0.152. The molecule has 0 bridgehead atoms. The summed E-state index contributed by atoms with van der Waals surface area (Å²) in [5, 5.41) is 3.87. The number of nitrogens with zero attached hydrogens (tertiary/aromatic N) is 1. The van der Waals surface area contributed by atoms with E-state index in [1.54, 1.807) is 24.1 Å². The summed E-state index contributed by atoms with van der Waals surface area (Å²) in [6.45, 7) is 2.86. The number of methoxy groups -OCH3 is 1. The summed E-state index contributed by atoms with van der Waals surface area (Å²) in [4.78, 5) is 28.8. The number of hydrogen-bond acceptors (Lipinski definition) is 3. The van der Waals surface area contributed by atoms with Gasteiger partial charge in [0.15, 0.2) is 0 Å². The third kappa shape index (κ3) is 8.00. The maximum atomic E-state index is 13.7. The van der Waals surface area contributed by atoms with Gasteiger partial charge in [-0.05, 0) is 47.4 Å². The van der Waals surface area contributed by atoms with Gasteiger partial charge in [-0.2, -0.15) is 0 Å². The van der Waals surface area contributed by atoms with Crippen LogP contribution in [-0.4, -0.2) is 36.4 Å². The molecule has 190 valence electrons. The predicted molar refractivity (Wildman–Crippen MR) is 146 cm³/mol. The average Bonchev–Trinajstić information content (AvgIpc) is 2.89. The van der Waals surface area contributed by atoms with E-state index in [-0.39, 0.29) is 24.8 Å². The Kier molecular flexibility index (Phi) is 10.6. The minimum atomic E-state index is -0.690. The van der Waals surface area contributed by atoms with E-state index in [1.807, 2.05) is 60.7 Å². The van der Waals surface area contributed by atoms with E-state index >= 15 is 0 Å². The Morgan fingerprint density at radius 3 is 2.25 bits per heavy atom. The molecule has 0 aliphatic carbocycles. The summed E-state index contributed by atoms with van der Waals surface area (Å²) in [6.07, 6.45) is 2.39. The molecule has 0 saturated carbocycles. The Morgan fingerprint density at radius 1 is 0.917 bits per heavy atom. The van der Waals surface area contributed by atoms with Gasteiger partial charge in [0.1, 0.15) is 11.8 Å². The van der Waals surface area contributed by atoms with Gasteiger partial charge in [0.25, 0.3) is 0 Å². The molecule has 1 N–H and O–H groups in total. The van der Waals surface area contributed by atoms with Crippen LogP contribution < -0.4 is 10.1 Å². The van der Waals surface area contributed by atoms with Crippen molar-refractivity contribution in [2.75, 3.05) is 13.7 Å². The highest BCUT2D eigenvalue weighted by Gasteiger charge is 2.30. The van der Waals surface area contributed by atoms with E-state index in [2.05, 4.69) is 12.2 Å². The Hall–Kier alpha value is -3.02. The lowest BCUT2D eigenvalue weighted by atomic mass is 10.0. The van der Waals surface area contributed by atoms with Crippen LogP contribution in [0.25, 0.3) is 0 Å². The molecule has 1 unspecified atom stereocenters. The van der Waals surface area contributed by atoms with E-state index in [0.717, 1.165) is 35.3 Å². The zero-order valence-electron chi connectivity index (χ0n) is 20.7. The zero-order chi connectivity index (χ0) is 25.9. The van der Waals surface area contributed by atoms with Gasteiger partial charge in [-0.1, -0.05) is 85.1 Å². The van der Waals surface area contributed by atoms with Crippen LogP contribution in [0.15, 0.2) is 72.8 Å². The Morgan fingerprint density at radius 2 is 1.61 bits per heavy atom. The third-order valence-electron chi connectivity index (χ3n) is 5.95. The molecular weight excluding hydrogens is 495 g/mol. The van der Waals surface area contributed by atoms with Gasteiger partial charge in [0.05, 0.1) is 23.6 Å².